The van der Waals surface area contributed by atoms with Crippen molar-refractivity contribution in [2.45, 2.75) is 31.3 Å². The van der Waals surface area contributed by atoms with Crippen LogP contribution in [0, 0.1) is 0 Å². The van der Waals surface area contributed by atoms with Crippen molar-refractivity contribution in [3.63, 3.8) is 0 Å². The van der Waals surface area contributed by atoms with E-state index in [4.69, 9.17) is 0 Å². The van der Waals surface area contributed by atoms with Crippen molar-refractivity contribution in [1.82, 2.24) is 14.9 Å². The molecule has 2 atom stereocenters. The topological polar surface area (TPSA) is 113 Å². The predicted molar refractivity (Wildman–Crippen MR) is 106 cm³/mol. The van der Waals surface area contributed by atoms with Crippen LogP contribution in [0.25, 0.3) is 11.0 Å². The van der Waals surface area contributed by atoms with Crippen LogP contribution in [-0.2, 0) is 14.4 Å². The fourth-order valence-corrected chi connectivity index (χ4v) is 3.61. The fraction of sp³-hybridized carbons (Fsp3) is 0.238. The summed E-state index contributed by atoms with van der Waals surface area (Å²) in [6, 6.07) is 13.7. The van der Waals surface area contributed by atoms with Crippen molar-refractivity contribution in [3.05, 3.63) is 60.4 Å². The second-order valence-corrected chi connectivity index (χ2v) is 7.03. The lowest BCUT2D eigenvalue weighted by molar-refractivity contribution is -0.137. The first-order valence-electron chi connectivity index (χ1n) is 9.35. The van der Waals surface area contributed by atoms with Crippen LogP contribution < -0.4 is 10.6 Å². The molecule has 29 heavy (non-hydrogen) atoms. The smallest absolute Gasteiger partial charge is 0.305 e. The highest BCUT2D eigenvalue weighted by Gasteiger charge is 2.27. The molecule has 4 rings (SSSR count). The van der Waals surface area contributed by atoms with Gasteiger partial charge in [-0.15, -0.1) is 0 Å². The highest BCUT2D eigenvalue weighted by molar-refractivity contribution is 6.00. The molecule has 8 heteroatoms. The summed E-state index contributed by atoms with van der Waals surface area (Å²) < 4.78 is 1.81. The van der Waals surface area contributed by atoms with Gasteiger partial charge in [-0.25, -0.2) is 4.98 Å². The van der Waals surface area contributed by atoms with Crippen LogP contribution in [-0.4, -0.2) is 38.5 Å². The third kappa shape index (κ3) is 3.96. The zero-order chi connectivity index (χ0) is 20.4. The van der Waals surface area contributed by atoms with Crippen LogP contribution in [0.15, 0.2) is 54.9 Å². The van der Waals surface area contributed by atoms with E-state index < -0.39 is 18.1 Å². The first-order chi connectivity index (χ1) is 14.0. The van der Waals surface area contributed by atoms with E-state index in [2.05, 4.69) is 15.6 Å². The van der Waals surface area contributed by atoms with Crippen LogP contribution in [0.4, 0.5) is 5.69 Å². The molecule has 0 bridgehead atoms. The molecule has 0 aliphatic carbocycles. The Morgan fingerprint density at radius 3 is 2.72 bits per heavy atom. The lowest BCUT2D eigenvalue weighted by atomic mass is 10.0. The molecule has 1 saturated heterocycles. The second kappa shape index (κ2) is 7.75. The Bertz CT molecular complexity index is 1080. The molecule has 1 aromatic heterocycles. The fourth-order valence-electron chi connectivity index (χ4n) is 3.61. The Labute approximate surface area is 166 Å². The van der Waals surface area contributed by atoms with Crippen molar-refractivity contribution in [3.8, 4) is 0 Å². The number of carboxylic acids is 1. The maximum atomic E-state index is 12.4. The van der Waals surface area contributed by atoms with Gasteiger partial charge in [0.2, 0.25) is 11.8 Å². The largest absolute Gasteiger partial charge is 0.481 e. The molecule has 3 N–H and O–H groups in total. The zero-order valence-corrected chi connectivity index (χ0v) is 15.5. The number of benzene rings is 2. The summed E-state index contributed by atoms with van der Waals surface area (Å²) in [4.78, 5) is 39.6. The molecular formula is C21H20N4O4. The molecule has 0 spiro atoms. The summed E-state index contributed by atoms with van der Waals surface area (Å²) in [5.74, 6) is -1.31. The second-order valence-electron chi connectivity index (χ2n) is 7.03. The van der Waals surface area contributed by atoms with E-state index in [-0.39, 0.29) is 18.2 Å². The quantitative estimate of drug-likeness (QED) is 0.596. The normalized spacial score (nSPS) is 17.1. The highest BCUT2D eigenvalue weighted by Crippen LogP contribution is 2.28. The molecule has 3 aromatic rings. The van der Waals surface area contributed by atoms with Gasteiger partial charge < -0.3 is 20.3 Å². The molecule has 8 nitrogen and oxygen atoms in total. The Morgan fingerprint density at radius 1 is 1.24 bits per heavy atom. The number of imidazole rings is 1. The third-order valence-corrected chi connectivity index (χ3v) is 5.04. The van der Waals surface area contributed by atoms with Crippen LogP contribution in [0.2, 0.25) is 0 Å². The van der Waals surface area contributed by atoms with Crippen LogP contribution in [0.3, 0.4) is 0 Å². The molecule has 2 unspecified atom stereocenters. The number of carboxylic acid groups (broad SMARTS) is 1. The van der Waals surface area contributed by atoms with E-state index >= 15 is 0 Å². The van der Waals surface area contributed by atoms with Crippen molar-refractivity contribution in [1.29, 1.82) is 0 Å². The average Bonchev–Trinajstić information content (AvgIpc) is 3.33. The standard InChI is InChI=1S/C21H20N4O4/c26-19-9-8-16(24-19)21(29)23-14-6-7-15-18(10-14)25(12-22-15)17(11-20(27)28)13-4-2-1-3-5-13/h1-7,10,12,16-17H,8-9,11H2,(H,23,29)(H,24,26)(H,27,28). The lowest BCUT2D eigenvalue weighted by Gasteiger charge is -2.18. The minimum Gasteiger partial charge on any atom is -0.481 e. The maximum Gasteiger partial charge on any atom is 0.305 e. The molecule has 2 aromatic carbocycles. The maximum absolute atomic E-state index is 12.4. The number of nitrogens with zero attached hydrogens (tertiary/aromatic N) is 2. The van der Waals surface area contributed by atoms with E-state index in [0.29, 0.717) is 29.6 Å². The minimum absolute atomic E-state index is 0.0971. The van der Waals surface area contributed by atoms with E-state index in [1.807, 2.05) is 34.9 Å². The molecule has 0 saturated carbocycles. The van der Waals surface area contributed by atoms with Gasteiger partial charge in [0.25, 0.3) is 0 Å². The Kier molecular flexibility index (Phi) is 4.99. The minimum atomic E-state index is -0.915. The average molecular weight is 392 g/mol. The molecule has 2 amide bonds. The van der Waals surface area contributed by atoms with E-state index in [1.165, 1.54) is 0 Å². The summed E-state index contributed by atoms with van der Waals surface area (Å²) in [6.07, 6.45) is 2.34. The summed E-state index contributed by atoms with van der Waals surface area (Å²) in [6.45, 7) is 0. The van der Waals surface area contributed by atoms with Crippen LogP contribution in [0.1, 0.15) is 30.9 Å². The van der Waals surface area contributed by atoms with Gasteiger partial charge in [-0.1, -0.05) is 30.3 Å². The third-order valence-electron chi connectivity index (χ3n) is 5.04. The number of aliphatic carboxylic acids is 1. The molecular weight excluding hydrogens is 372 g/mol. The van der Waals surface area contributed by atoms with Crippen LogP contribution >= 0.6 is 0 Å². The molecule has 148 valence electrons. The van der Waals surface area contributed by atoms with E-state index in [9.17, 15) is 19.5 Å². The summed E-state index contributed by atoms with van der Waals surface area (Å²) in [7, 11) is 0. The van der Waals surface area contributed by atoms with Gasteiger partial charge in [-0.05, 0) is 30.2 Å². The van der Waals surface area contributed by atoms with Gasteiger partial charge >= 0.3 is 5.97 Å². The SMILES string of the molecule is O=C(O)CC(c1ccccc1)n1cnc2ccc(NC(=O)C3CCC(=O)N3)cc21. The van der Waals surface area contributed by atoms with Crippen molar-refractivity contribution >= 4 is 34.5 Å². The van der Waals surface area contributed by atoms with E-state index in [1.54, 1.807) is 24.5 Å². The molecule has 1 aliphatic rings. The number of carbonyl (C=O) groups excluding carboxylic acids is 2. The van der Waals surface area contributed by atoms with Gasteiger partial charge in [-0.2, -0.15) is 0 Å². The molecule has 1 aliphatic heterocycles. The van der Waals surface area contributed by atoms with Gasteiger partial charge in [0.15, 0.2) is 0 Å². The number of anilines is 1. The van der Waals surface area contributed by atoms with Crippen molar-refractivity contribution < 1.29 is 19.5 Å². The highest BCUT2D eigenvalue weighted by atomic mass is 16.4. The number of hydrogen-bond acceptors (Lipinski definition) is 4. The van der Waals surface area contributed by atoms with Crippen molar-refractivity contribution in [2.75, 3.05) is 5.32 Å². The number of carbonyl (C=O) groups is 3. The summed E-state index contributed by atoms with van der Waals surface area (Å²) in [5, 5.41) is 14.9. The monoisotopic (exact) mass is 392 g/mol. The number of rotatable bonds is 6. The van der Waals surface area contributed by atoms with E-state index in [0.717, 1.165) is 5.56 Å². The number of fused-ring (bicyclic) bond motifs is 1. The Balaban J connectivity index is 1.66. The van der Waals surface area contributed by atoms with Crippen LogP contribution in [0.5, 0.6) is 0 Å². The molecule has 2 heterocycles. The number of hydrogen-bond donors (Lipinski definition) is 3. The van der Waals surface area contributed by atoms with Gasteiger partial charge in [-0.3, -0.25) is 14.4 Å². The first kappa shape index (κ1) is 18.7. The van der Waals surface area contributed by atoms with Crippen molar-refractivity contribution in [2.24, 2.45) is 0 Å². The first-order valence-corrected chi connectivity index (χ1v) is 9.35. The number of aromatic nitrogens is 2. The molecule has 0 radical (unpaired) electrons. The summed E-state index contributed by atoms with van der Waals surface area (Å²) in [5.41, 5.74) is 2.83. The lowest BCUT2D eigenvalue weighted by Crippen LogP contribution is -2.37. The Morgan fingerprint density at radius 2 is 2.03 bits per heavy atom. The number of amides is 2. The molecule has 1 fully saturated rings. The summed E-state index contributed by atoms with van der Waals surface area (Å²) >= 11 is 0. The zero-order valence-electron chi connectivity index (χ0n) is 15.5. The van der Waals surface area contributed by atoms with Gasteiger partial charge in [0, 0.05) is 12.1 Å². The number of nitrogens with one attached hydrogen (secondary N) is 2. The van der Waals surface area contributed by atoms with Gasteiger partial charge in [0.05, 0.1) is 29.8 Å². The predicted octanol–water partition coefficient (Wildman–Crippen LogP) is 2.32. The van der Waals surface area contributed by atoms with Gasteiger partial charge in [0.1, 0.15) is 6.04 Å². The Hall–Kier alpha value is -3.68.